The van der Waals surface area contributed by atoms with Crippen molar-refractivity contribution in [1.82, 2.24) is 20.6 Å². The number of rotatable bonds is 4. The Hall–Kier alpha value is -3.29. The van der Waals surface area contributed by atoms with Crippen LogP contribution in [-0.2, 0) is 6.54 Å². The molecule has 4 aromatic rings. The van der Waals surface area contributed by atoms with Gasteiger partial charge in [0.25, 0.3) is 5.91 Å². The number of thiocarbonyl (C=S) groups is 1. The van der Waals surface area contributed by atoms with Gasteiger partial charge in [0.15, 0.2) is 16.3 Å². The number of oxazole rings is 1. The van der Waals surface area contributed by atoms with E-state index in [2.05, 4.69) is 20.6 Å². The first-order chi connectivity index (χ1) is 14.1. The van der Waals surface area contributed by atoms with Crippen molar-refractivity contribution < 1.29 is 9.21 Å². The summed E-state index contributed by atoms with van der Waals surface area (Å²) in [5, 5.41) is 6.38. The molecule has 0 unspecified atom stereocenters. The Bertz CT molecular complexity index is 1160. The second-order valence-electron chi connectivity index (χ2n) is 6.19. The number of fused-ring (bicyclic) bond motifs is 1. The highest BCUT2D eigenvalue weighted by Gasteiger charge is 2.10. The number of nitrogens with one attached hydrogen (secondary N) is 2. The topological polar surface area (TPSA) is 80.0 Å². The van der Waals surface area contributed by atoms with E-state index >= 15 is 0 Å². The summed E-state index contributed by atoms with van der Waals surface area (Å²) in [6.07, 6.45) is 1.68. The Kier molecular flexibility index (Phi) is 5.50. The minimum Gasteiger partial charge on any atom is -0.434 e. The molecule has 0 saturated heterocycles. The van der Waals surface area contributed by atoms with E-state index in [1.54, 1.807) is 36.5 Å². The molecule has 8 heteroatoms. The van der Waals surface area contributed by atoms with E-state index in [0.717, 1.165) is 11.1 Å². The highest BCUT2D eigenvalue weighted by molar-refractivity contribution is 7.80. The lowest BCUT2D eigenvalue weighted by Gasteiger charge is -2.10. The minimum atomic E-state index is -0.315. The van der Waals surface area contributed by atoms with Crippen molar-refractivity contribution >= 4 is 46.1 Å². The number of amides is 1. The van der Waals surface area contributed by atoms with Crippen LogP contribution in [0.1, 0.15) is 15.9 Å². The van der Waals surface area contributed by atoms with Crippen LogP contribution >= 0.6 is 23.8 Å². The van der Waals surface area contributed by atoms with Gasteiger partial charge in [0, 0.05) is 28.9 Å². The fourth-order valence-corrected chi connectivity index (χ4v) is 3.04. The van der Waals surface area contributed by atoms with E-state index in [1.807, 2.05) is 30.3 Å². The molecular weight excluding hydrogens is 408 g/mol. The standard InChI is InChI=1S/C21H15ClN4O2S/c22-16-4-1-3-15(11-16)19(27)26-21(29)24-12-13-6-8-14(9-7-13)20-25-18-17(28-20)5-2-10-23-18/h1-11H,12H2,(H2,24,26,27,29). The summed E-state index contributed by atoms with van der Waals surface area (Å²) in [7, 11) is 0. The molecule has 0 aliphatic carbocycles. The third-order valence-electron chi connectivity index (χ3n) is 4.13. The Labute approximate surface area is 176 Å². The maximum atomic E-state index is 12.2. The van der Waals surface area contributed by atoms with Crippen molar-refractivity contribution in [3.63, 3.8) is 0 Å². The van der Waals surface area contributed by atoms with Crippen LogP contribution in [0.4, 0.5) is 0 Å². The smallest absolute Gasteiger partial charge is 0.257 e. The van der Waals surface area contributed by atoms with Gasteiger partial charge in [-0.1, -0.05) is 29.8 Å². The molecule has 0 radical (unpaired) electrons. The number of hydrogen-bond acceptors (Lipinski definition) is 5. The average Bonchev–Trinajstić information content (AvgIpc) is 3.17. The number of aromatic nitrogens is 2. The van der Waals surface area contributed by atoms with Crippen LogP contribution in [0.2, 0.25) is 5.02 Å². The number of carbonyl (C=O) groups excluding carboxylic acids is 1. The molecule has 4 rings (SSSR count). The van der Waals surface area contributed by atoms with Gasteiger partial charge in [-0.05, 0) is 60.2 Å². The minimum absolute atomic E-state index is 0.240. The van der Waals surface area contributed by atoms with Gasteiger partial charge in [0.2, 0.25) is 5.89 Å². The zero-order valence-corrected chi connectivity index (χ0v) is 16.6. The molecule has 0 saturated carbocycles. The molecule has 2 aromatic heterocycles. The molecule has 0 fully saturated rings. The van der Waals surface area contributed by atoms with Crippen LogP contribution in [0.5, 0.6) is 0 Å². The maximum Gasteiger partial charge on any atom is 0.257 e. The summed E-state index contributed by atoms with van der Waals surface area (Å²) in [4.78, 5) is 20.7. The first-order valence-corrected chi connectivity index (χ1v) is 9.53. The molecule has 0 aliphatic rings. The Morgan fingerprint density at radius 2 is 1.93 bits per heavy atom. The molecule has 1 amide bonds. The molecule has 2 N–H and O–H groups in total. The van der Waals surface area contributed by atoms with Gasteiger partial charge in [-0.25, -0.2) is 4.98 Å². The zero-order chi connectivity index (χ0) is 20.2. The van der Waals surface area contributed by atoms with Crippen LogP contribution in [0.15, 0.2) is 71.3 Å². The van der Waals surface area contributed by atoms with Crippen LogP contribution in [-0.4, -0.2) is 21.0 Å². The lowest BCUT2D eigenvalue weighted by atomic mass is 10.1. The van der Waals surface area contributed by atoms with Crippen molar-refractivity contribution in [3.8, 4) is 11.5 Å². The molecule has 0 atom stereocenters. The van der Waals surface area contributed by atoms with Crippen LogP contribution in [0.3, 0.4) is 0 Å². The quantitative estimate of drug-likeness (QED) is 0.476. The fraction of sp³-hybridized carbons (Fsp3) is 0.0476. The summed E-state index contributed by atoms with van der Waals surface area (Å²) < 4.78 is 5.72. The molecule has 6 nitrogen and oxygen atoms in total. The van der Waals surface area contributed by atoms with Crippen LogP contribution in [0.25, 0.3) is 22.7 Å². The van der Waals surface area contributed by atoms with Crippen molar-refractivity contribution in [1.29, 1.82) is 0 Å². The number of carbonyl (C=O) groups is 1. The van der Waals surface area contributed by atoms with Crippen LogP contribution in [0, 0.1) is 0 Å². The number of pyridine rings is 1. The summed E-state index contributed by atoms with van der Waals surface area (Å²) in [6, 6.07) is 18.0. The number of nitrogens with zero attached hydrogens (tertiary/aromatic N) is 2. The lowest BCUT2D eigenvalue weighted by molar-refractivity contribution is 0.0976. The van der Waals surface area contributed by atoms with Gasteiger partial charge >= 0.3 is 0 Å². The summed E-state index contributed by atoms with van der Waals surface area (Å²) in [5.41, 5.74) is 3.51. The predicted molar refractivity (Wildman–Crippen MR) is 116 cm³/mol. The summed E-state index contributed by atoms with van der Waals surface area (Å²) >= 11 is 11.1. The van der Waals surface area contributed by atoms with E-state index in [0.29, 0.717) is 34.3 Å². The molecule has 0 bridgehead atoms. The summed E-state index contributed by atoms with van der Waals surface area (Å²) in [5.74, 6) is 0.201. The van der Waals surface area contributed by atoms with E-state index in [-0.39, 0.29) is 11.0 Å². The second kappa shape index (κ2) is 8.38. The van der Waals surface area contributed by atoms with Gasteiger partial charge in [0.1, 0.15) is 0 Å². The molecular formula is C21H15ClN4O2S. The van der Waals surface area contributed by atoms with E-state index < -0.39 is 0 Å². The molecule has 2 aromatic carbocycles. The third kappa shape index (κ3) is 4.59. The lowest BCUT2D eigenvalue weighted by Crippen LogP contribution is -2.38. The normalized spacial score (nSPS) is 10.7. The third-order valence-corrected chi connectivity index (χ3v) is 4.61. The Morgan fingerprint density at radius 3 is 2.69 bits per heavy atom. The Morgan fingerprint density at radius 1 is 1.10 bits per heavy atom. The average molecular weight is 423 g/mol. The molecule has 0 spiro atoms. The molecule has 29 heavy (non-hydrogen) atoms. The van der Waals surface area contributed by atoms with E-state index in [9.17, 15) is 4.79 Å². The van der Waals surface area contributed by atoms with Crippen molar-refractivity contribution in [2.24, 2.45) is 0 Å². The predicted octanol–water partition coefficient (Wildman–Crippen LogP) is 4.35. The molecule has 2 heterocycles. The van der Waals surface area contributed by atoms with E-state index in [4.69, 9.17) is 28.2 Å². The fourth-order valence-electron chi connectivity index (χ4n) is 2.69. The largest absolute Gasteiger partial charge is 0.434 e. The summed E-state index contributed by atoms with van der Waals surface area (Å²) in [6.45, 7) is 0.462. The highest BCUT2D eigenvalue weighted by atomic mass is 35.5. The van der Waals surface area contributed by atoms with Crippen molar-refractivity contribution in [2.45, 2.75) is 6.54 Å². The van der Waals surface area contributed by atoms with Crippen molar-refractivity contribution in [3.05, 3.63) is 83.0 Å². The Balaban J connectivity index is 1.35. The zero-order valence-electron chi connectivity index (χ0n) is 15.1. The SMILES string of the molecule is O=C(NC(=S)NCc1ccc(-c2nc3ncccc3o2)cc1)c1cccc(Cl)c1. The first-order valence-electron chi connectivity index (χ1n) is 8.74. The molecule has 0 aliphatic heterocycles. The highest BCUT2D eigenvalue weighted by Crippen LogP contribution is 2.23. The van der Waals surface area contributed by atoms with Gasteiger partial charge in [-0.3, -0.25) is 10.1 Å². The monoisotopic (exact) mass is 422 g/mol. The van der Waals surface area contributed by atoms with Gasteiger partial charge < -0.3 is 9.73 Å². The van der Waals surface area contributed by atoms with Gasteiger partial charge in [-0.2, -0.15) is 4.98 Å². The first kappa shape index (κ1) is 19.0. The van der Waals surface area contributed by atoms with Crippen LogP contribution < -0.4 is 10.6 Å². The van der Waals surface area contributed by atoms with Crippen molar-refractivity contribution in [2.75, 3.05) is 0 Å². The van der Waals surface area contributed by atoms with E-state index in [1.165, 1.54) is 0 Å². The van der Waals surface area contributed by atoms with Gasteiger partial charge in [-0.15, -0.1) is 0 Å². The second-order valence-corrected chi connectivity index (χ2v) is 7.03. The van der Waals surface area contributed by atoms with Gasteiger partial charge in [0.05, 0.1) is 0 Å². The number of benzene rings is 2. The number of halogens is 1. The molecule has 144 valence electrons. The maximum absolute atomic E-state index is 12.2. The number of hydrogen-bond donors (Lipinski definition) is 2.